The van der Waals surface area contributed by atoms with E-state index in [4.69, 9.17) is 0 Å². The monoisotopic (exact) mass is 465 g/mol. The third-order valence-corrected chi connectivity index (χ3v) is 10.4. The maximum Gasteiger partial charge on any atom is 0.220 e. The van der Waals surface area contributed by atoms with Crippen molar-refractivity contribution in [3.63, 3.8) is 0 Å². The van der Waals surface area contributed by atoms with Crippen molar-refractivity contribution in [3.8, 4) is 0 Å². The standard InChI is InChI=1S/C27H36O2.C3H7NO/c1-16-8-10-25(3)12-13-27(5)19(21(25)14-16)9-11-26(4)20-15-22(28)24(29)17(2)18(20)6-7-23(26)27;1-3(5)4-2/h6-7,15-16,19,21,29H,8-14H2,1-5H3;1-2H3,(H,4,5). The Morgan fingerprint density at radius 2 is 1.74 bits per heavy atom. The normalized spacial score (nSPS) is 40.7. The highest BCUT2D eigenvalue weighted by Gasteiger charge is 2.60. The molecule has 0 aromatic heterocycles. The van der Waals surface area contributed by atoms with Crippen LogP contribution in [0.5, 0.6) is 0 Å². The van der Waals surface area contributed by atoms with Gasteiger partial charge in [0, 0.05) is 25.0 Å². The zero-order chi connectivity index (χ0) is 25.1. The first-order valence-corrected chi connectivity index (χ1v) is 13.2. The van der Waals surface area contributed by atoms with Crippen LogP contribution >= 0.6 is 0 Å². The van der Waals surface area contributed by atoms with Crippen LogP contribution in [0, 0.1) is 34.0 Å². The minimum Gasteiger partial charge on any atom is -0.504 e. The number of nitrogens with one attached hydrogen (secondary N) is 1. The van der Waals surface area contributed by atoms with E-state index in [1.807, 2.05) is 6.92 Å². The van der Waals surface area contributed by atoms with E-state index in [0.29, 0.717) is 5.41 Å². The van der Waals surface area contributed by atoms with Gasteiger partial charge in [0.1, 0.15) is 0 Å². The van der Waals surface area contributed by atoms with E-state index < -0.39 is 0 Å². The van der Waals surface area contributed by atoms with Gasteiger partial charge in [0.2, 0.25) is 11.7 Å². The maximum atomic E-state index is 12.5. The quantitative estimate of drug-likeness (QED) is 0.423. The van der Waals surface area contributed by atoms with Crippen LogP contribution in [0.25, 0.3) is 0 Å². The van der Waals surface area contributed by atoms with Crippen LogP contribution in [0.15, 0.2) is 46.3 Å². The maximum absolute atomic E-state index is 12.5. The molecule has 5 aliphatic rings. The van der Waals surface area contributed by atoms with Crippen LogP contribution in [0.4, 0.5) is 0 Å². The molecule has 4 nitrogen and oxygen atoms in total. The molecule has 6 unspecified atom stereocenters. The molecule has 0 aromatic rings. The molecular formula is C30H43NO3. The fraction of sp³-hybridized carbons (Fsp3) is 0.667. The molecule has 0 aliphatic heterocycles. The highest BCUT2D eigenvalue weighted by Crippen LogP contribution is 2.69. The van der Waals surface area contributed by atoms with E-state index in [0.717, 1.165) is 40.9 Å². The smallest absolute Gasteiger partial charge is 0.220 e. The SMILES string of the molecule is CC1=C(O)C(=O)C=C2C1=CC=C1C2(C)CCC2C3CC(C)CCC3(C)CCC12C.CNC(C)=O. The van der Waals surface area contributed by atoms with Crippen LogP contribution in [0.2, 0.25) is 0 Å². The first kappa shape index (κ1) is 25.0. The molecule has 6 atom stereocenters. The van der Waals surface area contributed by atoms with Gasteiger partial charge in [-0.05, 0) is 91.3 Å². The second-order valence-electron chi connectivity index (χ2n) is 12.4. The Morgan fingerprint density at radius 3 is 2.38 bits per heavy atom. The highest BCUT2D eigenvalue weighted by molar-refractivity contribution is 6.06. The zero-order valence-corrected chi connectivity index (χ0v) is 22.2. The van der Waals surface area contributed by atoms with Gasteiger partial charge in [-0.25, -0.2) is 0 Å². The van der Waals surface area contributed by atoms with Crippen molar-refractivity contribution in [1.29, 1.82) is 0 Å². The molecule has 3 saturated carbocycles. The van der Waals surface area contributed by atoms with E-state index in [1.165, 1.54) is 45.4 Å². The average molecular weight is 466 g/mol. The number of ketones is 1. The highest BCUT2D eigenvalue weighted by atomic mass is 16.3. The number of amides is 1. The number of allylic oxidation sites excluding steroid dienone is 7. The van der Waals surface area contributed by atoms with E-state index in [1.54, 1.807) is 18.7 Å². The van der Waals surface area contributed by atoms with Crippen molar-refractivity contribution in [2.45, 2.75) is 86.5 Å². The van der Waals surface area contributed by atoms with E-state index in [9.17, 15) is 14.7 Å². The number of fused-ring (bicyclic) bond motifs is 7. The Balaban J connectivity index is 0.000000499. The molecule has 5 rings (SSSR count). The first-order chi connectivity index (χ1) is 15.9. The van der Waals surface area contributed by atoms with Crippen molar-refractivity contribution in [1.82, 2.24) is 5.32 Å². The second-order valence-corrected chi connectivity index (χ2v) is 12.4. The summed E-state index contributed by atoms with van der Waals surface area (Å²) in [6.07, 6.45) is 15.5. The summed E-state index contributed by atoms with van der Waals surface area (Å²) in [5.74, 6) is 2.14. The molecule has 0 spiro atoms. The van der Waals surface area contributed by atoms with Crippen molar-refractivity contribution in [3.05, 3.63) is 46.3 Å². The predicted molar refractivity (Wildman–Crippen MR) is 137 cm³/mol. The molecule has 2 N–H and O–H groups in total. The van der Waals surface area contributed by atoms with Gasteiger partial charge in [0.15, 0.2) is 5.76 Å². The molecule has 186 valence electrons. The molecule has 0 heterocycles. The Bertz CT molecular complexity index is 1030. The molecule has 0 radical (unpaired) electrons. The first-order valence-electron chi connectivity index (χ1n) is 13.2. The summed E-state index contributed by atoms with van der Waals surface area (Å²) < 4.78 is 0. The van der Waals surface area contributed by atoms with Crippen molar-refractivity contribution in [2.75, 3.05) is 7.05 Å². The van der Waals surface area contributed by atoms with Gasteiger partial charge in [-0.15, -0.1) is 0 Å². The van der Waals surface area contributed by atoms with Crippen LogP contribution in [-0.2, 0) is 9.59 Å². The minimum atomic E-state index is -0.221. The number of carbonyl (C=O) groups excluding carboxylic acids is 2. The molecule has 34 heavy (non-hydrogen) atoms. The second kappa shape index (κ2) is 8.53. The number of hydrogen-bond donors (Lipinski definition) is 2. The van der Waals surface area contributed by atoms with Crippen LogP contribution in [0.1, 0.15) is 86.5 Å². The summed E-state index contributed by atoms with van der Waals surface area (Å²) in [4.78, 5) is 22.2. The molecule has 3 fully saturated rings. The molecule has 1 amide bonds. The number of aliphatic hydroxyl groups excluding tert-OH is 1. The van der Waals surface area contributed by atoms with Crippen molar-refractivity contribution < 1.29 is 14.7 Å². The summed E-state index contributed by atoms with van der Waals surface area (Å²) in [6, 6.07) is 0. The number of rotatable bonds is 0. The number of carbonyl (C=O) groups is 2. The largest absolute Gasteiger partial charge is 0.504 e. The average Bonchev–Trinajstić information content (AvgIpc) is 2.79. The zero-order valence-electron chi connectivity index (χ0n) is 22.2. The lowest BCUT2D eigenvalue weighted by molar-refractivity contribution is -0.118. The number of hydrogen-bond acceptors (Lipinski definition) is 3. The number of aliphatic hydroxyl groups is 1. The van der Waals surface area contributed by atoms with Gasteiger partial charge >= 0.3 is 0 Å². The fourth-order valence-electron chi connectivity index (χ4n) is 8.08. The van der Waals surface area contributed by atoms with Crippen molar-refractivity contribution >= 4 is 11.7 Å². The van der Waals surface area contributed by atoms with Crippen molar-refractivity contribution in [2.24, 2.45) is 34.0 Å². The lowest BCUT2D eigenvalue weighted by Crippen LogP contribution is -2.55. The molecule has 0 saturated heterocycles. The van der Waals surface area contributed by atoms with Gasteiger partial charge in [0.05, 0.1) is 0 Å². The van der Waals surface area contributed by atoms with Gasteiger partial charge in [0.25, 0.3) is 0 Å². The van der Waals surface area contributed by atoms with Gasteiger partial charge in [-0.3, -0.25) is 9.59 Å². The van der Waals surface area contributed by atoms with E-state index in [-0.39, 0.29) is 28.3 Å². The summed E-state index contributed by atoms with van der Waals surface area (Å²) in [5, 5.41) is 12.6. The molecule has 0 aromatic carbocycles. The summed E-state index contributed by atoms with van der Waals surface area (Å²) >= 11 is 0. The van der Waals surface area contributed by atoms with Gasteiger partial charge in [-0.2, -0.15) is 0 Å². The molecule has 4 heteroatoms. The van der Waals surface area contributed by atoms with Gasteiger partial charge < -0.3 is 10.4 Å². The third-order valence-electron chi connectivity index (χ3n) is 10.4. The Kier molecular flexibility index (Phi) is 6.28. The molecular weight excluding hydrogens is 422 g/mol. The topological polar surface area (TPSA) is 66.4 Å². The van der Waals surface area contributed by atoms with E-state index in [2.05, 4.69) is 45.2 Å². The van der Waals surface area contributed by atoms with Crippen LogP contribution < -0.4 is 5.32 Å². The summed E-state index contributed by atoms with van der Waals surface area (Å²) in [6.45, 7) is 13.3. The molecule has 5 aliphatic carbocycles. The lowest BCUT2D eigenvalue weighted by atomic mass is 9.40. The Hall–Kier alpha value is -2.10. The summed E-state index contributed by atoms with van der Waals surface area (Å²) in [5.41, 5.74) is 5.18. The van der Waals surface area contributed by atoms with E-state index >= 15 is 0 Å². The fourth-order valence-corrected chi connectivity index (χ4v) is 8.08. The van der Waals surface area contributed by atoms with Crippen LogP contribution in [-0.4, -0.2) is 23.8 Å². The predicted octanol–water partition coefficient (Wildman–Crippen LogP) is 6.61. The molecule has 0 bridgehead atoms. The Morgan fingerprint density at radius 1 is 1.06 bits per heavy atom. The summed E-state index contributed by atoms with van der Waals surface area (Å²) in [7, 11) is 1.60. The Labute approximate surface area is 205 Å². The van der Waals surface area contributed by atoms with Gasteiger partial charge in [-0.1, -0.05) is 51.8 Å². The third kappa shape index (κ3) is 3.72. The van der Waals surface area contributed by atoms with Crippen LogP contribution in [0.3, 0.4) is 0 Å². The minimum absolute atomic E-state index is 0.00463. The lowest BCUT2D eigenvalue weighted by Gasteiger charge is -2.64.